The van der Waals surface area contributed by atoms with E-state index in [0.717, 1.165) is 13.1 Å². The number of hydrogen-bond acceptors (Lipinski definition) is 3. The van der Waals surface area contributed by atoms with Gasteiger partial charge in [-0.2, -0.15) is 0 Å². The van der Waals surface area contributed by atoms with Gasteiger partial charge in [-0.1, -0.05) is 19.9 Å². The van der Waals surface area contributed by atoms with Crippen LogP contribution in [0, 0.1) is 5.41 Å². The van der Waals surface area contributed by atoms with Gasteiger partial charge in [0.25, 0.3) is 0 Å². The molecule has 0 saturated carbocycles. The molecule has 1 rings (SSSR count). The summed E-state index contributed by atoms with van der Waals surface area (Å²) in [5.74, 6) is 0. The fourth-order valence-electron chi connectivity index (χ4n) is 2.64. The van der Waals surface area contributed by atoms with E-state index >= 15 is 0 Å². The van der Waals surface area contributed by atoms with Crippen molar-refractivity contribution in [1.29, 1.82) is 0 Å². The molecule has 0 saturated heterocycles. The van der Waals surface area contributed by atoms with E-state index in [9.17, 15) is 0 Å². The Morgan fingerprint density at radius 2 is 1.86 bits per heavy atom. The van der Waals surface area contributed by atoms with Crippen molar-refractivity contribution in [2.24, 2.45) is 5.41 Å². The van der Waals surface area contributed by atoms with Crippen molar-refractivity contribution in [3.63, 3.8) is 0 Å². The van der Waals surface area contributed by atoms with Crippen LogP contribution < -0.4 is 5.32 Å². The molecule has 0 radical (unpaired) electrons. The summed E-state index contributed by atoms with van der Waals surface area (Å²) in [6.07, 6.45) is 3.64. The predicted octanol–water partition coefficient (Wildman–Crippen LogP) is 4.42. The van der Waals surface area contributed by atoms with Crippen LogP contribution in [0.4, 0.5) is 0 Å². The molecule has 0 amide bonds. The van der Waals surface area contributed by atoms with Gasteiger partial charge in [-0.3, -0.25) is 0 Å². The van der Waals surface area contributed by atoms with E-state index < -0.39 is 0 Å². The highest BCUT2D eigenvalue weighted by Crippen LogP contribution is 2.27. The minimum absolute atomic E-state index is 0.200. The molecule has 0 unspecified atom stereocenters. The van der Waals surface area contributed by atoms with Gasteiger partial charge in [-0.25, -0.2) is 0 Å². The minimum Gasteiger partial charge on any atom is -0.311 e. The Morgan fingerprint density at radius 3 is 2.33 bits per heavy atom. The first-order chi connectivity index (χ1) is 9.80. The van der Waals surface area contributed by atoms with E-state index in [1.54, 1.807) is 0 Å². The Kier molecular flexibility index (Phi) is 7.38. The highest BCUT2D eigenvalue weighted by molar-refractivity contribution is 7.09. The van der Waals surface area contributed by atoms with Crippen molar-refractivity contribution in [3.8, 4) is 0 Å². The standard InChI is InChI=1S/C18H34N2S/c1-7-18(8-2,14-19-17(3,4)5)15-20(6)12-11-16-10-9-13-21-16/h9-10,13,19H,7-8,11-12,14-15H2,1-6H3. The van der Waals surface area contributed by atoms with Crippen LogP contribution in [0.25, 0.3) is 0 Å². The van der Waals surface area contributed by atoms with Crippen molar-refractivity contribution in [2.75, 3.05) is 26.7 Å². The molecule has 3 heteroatoms. The maximum atomic E-state index is 3.72. The molecule has 0 bridgehead atoms. The lowest BCUT2D eigenvalue weighted by Crippen LogP contribution is -2.48. The van der Waals surface area contributed by atoms with E-state index in [0.29, 0.717) is 5.41 Å². The third-order valence-corrected chi connectivity index (χ3v) is 5.36. The van der Waals surface area contributed by atoms with Gasteiger partial charge in [-0.05, 0) is 63.9 Å². The highest BCUT2D eigenvalue weighted by Gasteiger charge is 2.29. The van der Waals surface area contributed by atoms with Gasteiger partial charge in [0.2, 0.25) is 0 Å². The number of rotatable bonds is 9. The number of nitrogens with one attached hydrogen (secondary N) is 1. The fraction of sp³-hybridized carbons (Fsp3) is 0.778. The van der Waals surface area contributed by atoms with E-state index in [-0.39, 0.29) is 5.54 Å². The molecule has 21 heavy (non-hydrogen) atoms. The Balaban J connectivity index is 2.51. The monoisotopic (exact) mass is 310 g/mol. The molecule has 0 spiro atoms. The van der Waals surface area contributed by atoms with Crippen LogP contribution in [0.3, 0.4) is 0 Å². The second-order valence-electron chi connectivity index (χ2n) is 7.38. The summed E-state index contributed by atoms with van der Waals surface area (Å²) in [7, 11) is 2.27. The smallest absolute Gasteiger partial charge is 0.00967 e. The first-order valence-corrected chi connectivity index (χ1v) is 9.14. The molecule has 2 nitrogen and oxygen atoms in total. The lowest BCUT2D eigenvalue weighted by molar-refractivity contribution is 0.145. The molecule has 0 aliphatic rings. The van der Waals surface area contributed by atoms with Crippen LogP contribution >= 0.6 is 11.3 Å². The third kappa shape index (κ3) is 6.94. The second kappa shape index (κ2) is 8.30. The first kappa shape index (κ1) is 18.7. The molecular formula is C18H34N2S. The highest BCUT2D eigenvalue weighted by atomic mass is 32.1. The second-order valence-corrected chi connectivity index (χ2v) is 8.41. The van der Waals surface area contributed by atoms with Crippen molar-refractivity contribution >= 4 is 11.3 Å². The summed E-state index contributed by atoms with van der Waals surface area (Å²) < 4.78 is 0. The van der Waals surface area contributed by atoms with Gasteiger partial charge in [0.15, 0.2) is 0 Å². The molecular weight excluding hydrogens is 276 g/mol. The lowest BCUT2D eigenvalue weighted by atomic mass is 9.81. The molecule has 1 aromatic rings. The van der Waals surface area contributed by atoms with Crippen LogP contribution in [0.1, 0.15) is 52.3 Å². The Morgan fingerprint density at radius 1 is 1.19 bits per heavy atom. The van der Waals surface area contributed by atoms with E-state index in [1.807, 2.05) is 11.3 Å². The maximum Gasteiger partial charge on any atom is 0.00967 e. The van der Waals surface area contributed by atoms with Gasteiger partial charge < -0.3 is 10.2 Å². The Labute approximate surface area is 135 Å². The van der Waals surface area contributed by atoms with Crippen molar-refractivity contribution < 1.29 is 0 Å². The van der Waals surface area contributed by atoms with Crippen molar-refractivity contribution in [3.05, 3.63) is 22.4 Å². The van der Waals surface area contributed by atoms with Gasteiger partial charge >= 0.3 is 0 Å². The van der Waals surface area contributed by atoms with Crippen LogP contribution in [0.15, 0.2) is 17.5 Å². The SMILES string of the molecule is CCC(CC)(CNC(C)(C)C)CN(C)CCc1cccs1. The average Bonchev–Trinajstić information content (AvgIpc) is 2.94. The molecule has 122 valence electrons. The lowest BCUT2D eigenvalue weighted by Gasteiger charge is -2.38. The molecule has 0 atom stereocenters. The third-order valence-electron chi connectivity index (χ3n) is 4.42. The number of hydrogen-bond donors (Lipinski definition) is 1. The quantitative estimate of drug-likeness (QED) is 0.726. The predicted molar refractivity (Wildman–Crippen MR) is 96.3 cm³/mol. The summed E-state index contributed by atoms with van der Waals surface area (Å²) in [5, 5.41) is 5.89. The number of likely N-dealkylation sites (N-methyl/N-ethyl adjacent to an activating group) is 1. The molecule has 0 aliphatic heterocycles. The first-order valence-electron chi connectivity index (χ1n) is 8.26. The zero-order valence-corrected chi connectivity index (χ0v) is 15.6. The largest absolute Gasteiger partial charge is 0.311 e. The van der Waals surface area contributed by atoms with Crippen LogP contribution in [-0.4, -0.2) is 37.1 Å². The number of thiophene rings is 1. The molecule has 0 aliphatic carbocycles. The Bertz CT molecular complexity index is 374. The summed E-state index contributed by atoms with van der Waals surface area (Å²) >= 11 is 1.87. The fourth-order valence-corrected chi connectivity index (χ4v) is 3.34. The summed E-state index contributed by atoms with van der Waals surface area (Å²) in [6, 6.07) is 4.39. The van der Waals surface area contributed by atoms with E-state index in [2.05, 4.69) is 69.4 Å². The van der Waals surface area contributed by atoms with E-state index in [4.69, 9.17) is 0 Å². The summed E-state index contributed by atoms with van der Waals surface area (Å²) in [6.45, 7) is 14.9. The van der Waals surface area contributed by atoms with Gasteiger partial charge in [0.05, 0.1) is 0 Å². The van der Waals surface area contributed by atoms with Crippen LogP contribution in [-0.2, 0) is 6.42 Å². The zero-order valence-electron chi connectivity index (χ0n) is 14.8. The minimum atomic E-state index is 0.200. The van der Waals surface area contributed by atoms with Gasteiger partial charge in [0, 0.05) is 30.1 Å². The molecule has 0 aromatic carbocycles. The molecule has 1 N–H and O–H groups in total. The maximum absolute atomic E-state index is 3.72. The molecule has 1 aromatic heterocycles. The normalized spacial score (nSPS) is 13.1. The van der Waals surface area contributed by atoms with Gasteiger partial charge in [0.1, 0.15) is 0 Å². The van der Waals surface area contributed by atoms with Crippen molar-refractivity contribution in [2.45, 2.75) is 59.4 Å². The number of nitrogens with zero attached hydrogens (tertiary/aromatic N) is 1. The average molecular weight is 311 g/mol. The summed E-state index contributed by atoms with van der Waals surface area (Å²) in [4.78, 5) is 4.00. The Hall–Kier alpha value is -0.380. The van der Waals surface area contributed by atoms with Gasteiger partial charge in [-0.15, -0.1) is 11.3 Å². The van der Waals surface area contributed by atoms with Crippen molar-refractivity contribution in [1.82, 2.24) is 10.2 Å². The zero-order chi connectivity index (χ0) is 15.9. The van der Waals surface area contributed by atoms with Crippen LogP contribution in [0.5, 0.6) is 0 Å². The molecule has 0 fully saturated rings. The topological polar surface area (TPSA) is 15.3 Å². The van der Waals surface area contributed by atoms with E-state index in [1.165, 1.54) is 30.7 Å². The van der Waals surface area contributed by atoms with Crippen LogP contribution in [0.2, 0.25) is 0 Å². The summed E-state index contributed by atoms with van der Waals surface area (Å²) in [5.41, 5.74) is 0.586. The molecule has 1 heterocycles.